The van der Waals surface area contributed by atoms with E-state index in [4.69, 9.17) is 5.11 Å². The minimum Gasteiger partial charge on any atom is -0.478 e. The topological polar surface area (TPSA) is 55.1 Å². The Labute approximate surface area is 125 Å². The molecule has 0 atom stereocenters. The SMILES string of the molecule is O=C(O)c1cccc2c1ncn2-c1c(F)cc(Br)cc1F. The summed E-state index contributed by atoms with van der Waals surface area (Å²) in [5.74, 6) is -2.70. The zero-order valence-electron chi connectivity index (χ0n) is 10.3. The zero-order valence-corrected chi connectivity index (χ0v) is 11.9. The molecule has 0 aliphatic heterocycles. The molecule has 7 heteroatoms. The minimum atomic E-state index is -1.15. The van der Waals surface area contributed by atoms with Gasteiger partial charge in [0.15, 0.2) is 11.6 Å². The molecule has 0 aliphatic carbocycles. The van der Waals surface area contributed by atoms with Gasteiger partial charge in [-0.15, -0.1) is 0 Å². The van der Waals surface area contributed by atoms with E-state index >= 15 is 0 Å². The molecule has 1 aromatic heterocycles. The van der Waals surface area contributed by atoms with Crippen LogP contribution in [-0.2, 0) is 0 Å². The molecule has 0 radical (unpaired) electrons. The van der Waals surface area contributed by atoms with Crippen LogP contribution in [0.25, 0.3) is 16.7 Å². The lowest BCUT2D eigenvalue weighted by Crippen LogP contribution is -2.01. The maximum atomic E-state index is 14.0. The molecule has 0 amide bonds. The summed E-state index contributed by atoms with van der Waals surface area (Å²) in [5.41, 5.74) is 0.161. The molecule has 3 rings (SSSR count). The molecule has 3 aromatic rings. The molecule has 2 aromatic carbocycles. The number of nitrogens with zero attached hydrogens (tertiary/aromatic N) is 2. The van der Waals surface area contributed by atoms with Gasteiger partial charge >= 0.3 is 5.97 Å². The fraction of sp³-hybridized carbons (Fsp3) is 0. The minimum absolute atomic E-state index is 0.0239. The Bertz CT molecular complexity index is 854. The molecular formula is C14H7BrF2N2O2. The van der Waals surface area contributed by atoms with Crippen LogP contribution in [0.5, 0.6) is 0 Å². The number of benzene rings is 2. The molecule has 0 aliphatic rings. The second kappa shape index (κ2) is 4.92. The van der Waals surface area contributed by atoms with Crippen molar-refractivity contribution in [2.24, 2.45) is 0 Å². The molecule has 1 N–H and O–H groups in total. The number of carbonyl (C=O) groups is 1. The number of hydrogen-bond acceptors (Lipinski definition) is 2. The average Bonchev–Trinajstić information content (AvgIpc) is 2.81. The largest absolute Gasteiger partial charge is 0.478 e. The number of fused-ring (bicyclic) bond motifs is 1. The molecule has 106 valence electrons. The summed E-state index contributed by atoms with van der Waals surface area (Å²) in [6, 6.07) is 6.70. The molecule has 0 bridgehead atoms. The van der Waals surface area contributed by atoms with Gasteiger partial charge in [-0.2, -0.15) is 0 Å². The van der Waals surface area contributed by atoms with Gasteiger partial charge in [0, 0.05) is 4.47 Å². The van der Waals surface area contributed by atoms with Gasteiger partial charge in [-0.3, -0.25) is 4.57 Å². The third-order valence-corrected chi connectivity index (χ3v) is 3.49. The van der Waals surface area contributed by atoms with E-state index in [0.29, 0.717) is 5.52 Å². The standard InChI is InChI=1S/C14H7BrF2N2O2/c15-7-4-9(16)13(10(17)5-7)19-6-18-12-8(14(20)21)2-1-3-11(12)19/h1-6H,(H,20,21). The van der Waals surface area contributed by atoms with E-state index in [1.54, 1.807) is 6.07 Å². The smallest absolute Gasteiger partial charge is 0.337 e. The Hall–Kier alpha value is -2.28. The van der Waals surface area contributed by atoms with Gasteiger partial charge in [-0.05, 0) is 24.3 Å². The van der Waals surface area contributed by atoms with Crippen LogP contribution in [0, 0.1) is 11.6 Å². The molecule has 0 unspecified atom stereocenters. The molecule has 0 saturated heterocycles. The molecule has 21 heavy (non-hydrogen) atoms. The highest BCUT2D eigenvalue weighted by molar-refractivity contribution is 9.10. The van der Waals surface area contributed by atoms with Gasteiger partial charge in [0.25, 0.3) is 0 Å². The van der Waals surface area contributed by atoms with E-state index in [0.717, 1.165) is 12.1 Å². The Morgan fingerprint density at radius 3 is 2.52 bits per heavy atom. The first kappa shape index (κ1) is 13.7. The fourth-order valence-corrected chi connectivity index (χ4v) is 2.56. The predicted molar refractivity (Wildman–Crippen MR) is 75.6 cm³/mol. The van der Waals surface area contributed by atoms with Crippen molar-refractivity contribution in [2.45, 2.75) is 0 Å². The van der Waals surface area contributed by atoms with Gasteiger partial charge in [-0.1, -0.05) is 22.0 Å². The maximum absolute atomic E-state index is 14.0. The van der Waals surface area contributed by atoms with Crippen molar-refractivity contribution in [1.82, 2.24) is 9.55 Å². The third-order valence-electron chi connectivity index (χ3n) is 3.03. The number of aromatic nitrogens is 2. The van der Waals surface area contributed by atoms with Crippen LogP contribution in [-0.4, -0.2) is 20.6 Å². The van der Waals surface area contributed by atoms with Crippen molar-refractivity contribution >= 4 is 32.9 Å². The van der Waals surface area contributed by atoms with E-state index in [9.17, 15) is 13.6 Å². The molecule has 0 saturated carbocycles. The Kier molecular flexibility index (Phi) is 3.21. The van der Waals surface area contributed by atoms with Crippen molar-refractivity contribution in [3.63, 3.8) is 0 Å². The van der Waals surface area contributed by atoms with Crippen LogP contribution >= 0.6 is 15.9 Å². The van der Waals surface area contributed by atoms with Gasteiger partial charge in [0.2, 0.25) is 0 Å². The first-order valence-corrected chi connectivity index (χ1v) is 6.62. The van der Waals surface area contributed by atoms with Crippen LogP contribution in [0.3, 0.4) is 0 Å². The molecule has 4 nitrogen and oxygen atoms in total. The third kappa shape index (κ3) is 2.19. The van der Waals surface area contributed by atoms with Crippen molar-refractivity contribution < 1.29 is 18.7 Å². The number of para-hydroxylation sites is 1. The lowest BCUT2D eigenvalue weighted by Gasteiger charge is -2.08. The van der Waals surface area contributed by atoms with E-state index in [1.807, 2.05) is 0 Å². The number of imidazole rings is 1. The molecule has 0 spiro atoms. The average molecular weight is 353 g/mol. The number of carboxylic acids is 1. The molecular weight excluding hydrogens is 346 g/mol. The lowest BCUT2D eigenvalue weighted by atomic mass is 10.2. The highest BCUT2D eigenvalue weighted by Crippen LogP contribution is 2.27. The monoisotopic (exact) mass is 352 g/mol. The Morgan fingerprint density at radius 1 is 1.24 bits per heavy atom. The van der Waals surface area contributed by atoms with E-state index in [2.05, 4.69) is 20.9 Å². The van der Waals surface area contributed by atoms with E-state index < -0.39 is 17.6 Å². The first-order valence-electron chi connectivity index (χ1n) is 5.83. The zero-order chi connectivity index (χ0) is 15.1. The van der Waals surface area contributed by atoms with Crippen LogP contribution < -0.4 is 0 Å². The quantitative estimate of drug-likeness (QED) is 0.763. The second-order valence-corrected chi connectivity index (χ2v) is 5.23. The highest BCUT2D eigenvalue weighted by Gasteiger charge is 2.18. The van der Waals surface area contributed by atoms with Crippen LogP contribution in [0.15, 0.2) is 41.1 Å². The summed E-state index contributed by atoms with van der Waals surface area (Å²) in [6.07, 6.45) is 1.20. The number of rotatable bonds is 2. The number of hydrogen-bond donors (Lipinski definition) is 1. The normalized spacial score (nSPS) is 11.0. The van der Waals surface area contributed by atoms with Gasteiger partial charge in [0.05, 0.1) is 11.1 Å². The summed E-state index contributed by atoms with van der Waals surface area (Å²) in [6.45, 7) is 0. The van der Waals surface area contributed by atoms with Gasteiger partial charge in [0.1, 0.15) is 17.5 Å². The molecule has 0 fully saturated rings. The summed E-state index contributed by atoms with van der Waals surface area (Å²) in [5, 5.41) is 9.10. The number of halogens is 3. The first-order chi connectivity index (χ1) is 9.99. The fourth-order valence-electron chi connectivity index (χ4n) is 2.15. The maximum Gasteiger partial charge on any atom is 0.337 e. The Morgan fingerprint density at radius 2 is 1.90 bits per heavy atom. The number of aromatic carboxylic acids is 1. The van der Waals surface area contributed by atoms with Crippen molar-refractivity contribution in [2.75, 3.05) is 0 Å². The summed E-state index contributed by atoms with van der Waals surface area (Å²) >= 11 is 3.01. The van der Waals surface area contributed by atoms with Gasteiger partial charge < -0.3 is 5.11 Å². The van der Waals surface area contributed by atoms with Crippen molar-refractivity contribution in [1.29, 1.82) is 0 Å². The van der Waals surface area contributed by atoms with Crippen LogP contribution in [0.4, 0.5) is 8.78 Å². The summed E-state index contributed by atoms with van der Waals surface area (Å²) in [4.78, 5) is 15.1. The van der Waals surface area contributed by atoms with E-state index in [1.165, 1.54) is 23.0 Å². The number of carboxylic acid groups (broad SMARTS) is 1. The van der Waals surface area contributed by atoms with Gasteiger partial charge in [-0.25, -0.2) is 18.6 Å². The molecule has 1 heterocycles. The van der Waals surface area contributed by atoms with Crippen molar-refractivity contribution in [3.05, 3.63) is 58.3 Å². The van der Waals surface area contributed by atoms with Crippen LogP contribution in [0.2, 0.25) is 0 Å². The summed E-state index contributed by atoms with van der Waals surface area (Å²) in [7, 11) is 0. The van der Waals surface area contributed by atoms with Crippen LogP contribution in [0.1, 0.15) is 10.4 Å². The Balaban J connectivity index is 2.33. The highest BCUT2D eigenvalue weighted by atomic mass is 79.9. The lowest BCUT2D eigenvalue weighted by molar-refractivity contribution is 0.0699. The predicted octanol–water partition coefficient (Wildman–Crippen LogP) is 3.76. The summed E-state index contributed by atoms with van der Waals surface area (Å²) < 4.78 is 29.5. The second-order valence-electron chi connectivity index (χ2n) is 4.31. The van der Waals surface area contributed by atoms with Crippen molar-refractivity contribution in [3.8, 4) is 5.69 Å². The van der Waals surface area contributed by atoms with E-state index in [-0.39, 0.29) is 21.2 Å².